The fraction of sp³-hybridized carbons (Fsp3) is 0.533. The van der Waals surface area contributed by atoms with Crippen LogP contribution in [0.2, 0.25) is 0 Å². The maximum absolute atomic E-state index is 12.4. The van der Waals surface area contributed by atoms with Crippen LogP contribution in [0.5, 0.6) is 0 Å². The molecular weight excluding hydrogens is 356 g/mol. The van der Waals surface area contributed by atoms with Crippen LogP contribution in [-0.2, 0) is 16.1 Å². The minimum absolute atomic E-state index is 0. The Balaban J connectivity index is 0.00000220. The Morgan fingerprint density at radius 2 is 1.95 bits per heavy atom. The van der Waals surface area contributed by atoms with Crippen LogP contribution < -0.4 is 5.73 Å². The van der Waals surface area contributed by atoms with Crippen LogP contribution in [0.4, 0.5) is 0 Å². The van der Waals surface area contributed by atoms with Crippen LogP contribution in [0, 0.1) is 5.92 Å². The summed E-state index contributed by atoms with van der Waals surface area (Å²) in [5.41, 5.74) is 7.22. The lowest BCUT2D eigenvalue weighted by Crippen LogP contribution is -2.47. The van der Waals surface area contributed by atoms with Crippen molar-refractivity contribution in [1.82, 2.24) is 4.90 Å². The van der Waals surface area contributed by atoms with E-state index in [9.17, 15) is 4.79 Å². The van der Waals surface area contributed by atoms with Gasteiger partial charge in [0.05, 0.1) is 6.04 Å². The van der Waals surface area contributed by atoms with E-state index in [1.165, 1.54) is 0 Å². The summed E-state index contributed by atoms with van der Waals surface area (Å²) in [4.78, 5) is 14.1. The van der Waals surface area contributed by atoms with Crippen LogP contribution in [0.15, 0.2) is 28.7 Å². The van der Waals surface area contributed by atoms with Crippen LogP contribution >= 0.6 is 28.3 Å². The number of hydrogen-bond acceptors (Lipinski definition) is 3. The second-order valence-corrected chi connectivity index (χ2v) is 6.21. The summed E-state index contributed by atoms with van der Waals surface area (Å²) >= 11 is 3.40. The molecule has 1 atom stereocenters. The van der Waals surface area contributed by atoms with Gasteiger partial charge in [0.2, 0.25) is 5.91 Å². The number of benzene rings is 1. The first kappa shape index (κ1) is 18.4. The summed E-state index contributed by atoms with van der Waals surface area (Å²) in [6.45, 7) is 2.01. The van der Waals surface area contributed by atoms with Gasteiger partial charge in [0.15, 0.2) is 0 Å². The van der Waals surface area contributed by atoms with Gasteiger partial charge in [-0.1, -0.05) is 28.1 Å². The molecule has 1 aromatic carbocycles. The molecule has 6 heteroatoms. The number of carbonyl (C=O) groups excluding carboxylic acids is 1. The summed E-state index contributed by atoms with van der Waals surface area (Å²) in [7, 11) is 1.81. The Bertz CT molecular complexity index is 449. The van der Waals surface area contributed by atoms with Gasteiger partial charge in [0, 0.05) is 31.3 Å². The van der Waals surface area contributed by atoms with E-state index in [2.05, 4.69) is 15.9 Å². The van der Waals surface area contributed by atoms with Crippen LogP contribution in [0.25, 0.3) is 0 Å². The quantitative estimate of drug-likeness (QED) is 0.877. The zero-order valence-corrected chi connectivity index (χ0v) is 14.5. The minimum atomic E-state index is -0.417. The number of ether oxygens (including phenoxy) is 1. The third kappa shape index (κ3) is 5.25. The Labute approximate surface area is 140 Å². The van der Waals surface area contributed by atoms with Gasteiger partial charge in [-0.3, -0.25) is 4.79 Å². The summed E-state index contributed by atoms with van der Waals surface area (Å²) < 4.78 is 6.35. The number of nitrogens with zero attached hydrogens (tertiary/aromatic N) is 1. The average molecular weight is 378 g/mol. The molecule has 1 unspecified atom stereocenters. The Morgan fingerprint density at radius 1 is 1.38 bits per heavy atom. The molecule has 1 aliphatic rings. The van der Waals surface area contributed by atoms with Crippen LogP contribution in [-0.4, -0.2) is 37.1 Å². The van der Waals surface area contributed by atoms with Gasteiger partial charge in [-0.2, -0.15) is 0 Å². The van der Waals surface area contributed by atoms with Gasteiger partial charge in [0.25, 0.3) is 0 Å². The van der Waals surface area contributed by atoms with Crippen molar-refractivity contribution in [1.29, 1.82) is 0 Å². The van der Waals surface area contributed by atoms with Crippen molar-refractivity contribution in [3.8, 4) is 0 Å². The standard InChI is InChI=1S/C15H21BrN2O2.ClH/c1-18(10-11-2-4-13(16)5-3-11)15(19)14(17)12-6-8-20-9-7-12;/h2-5,12,14H,6-10,17H2,1H3;1H. The number of nitrogens with two attached hydrogens (primary N) is 1. The van der Waals surface area contributed by atoms with Gasteiger partial charge in [-0.05, 0) is 36.5 Å². The van der Waals surface area contributed by atoms with Gasteiger partial charge >= 0.3 is 0 Å². The smallest absolute Gasteiger partial charge is 0.239 e. The number of carbonyl (C=O) groups is 1. The molecule has 1 aliphatic heterocycles. The normalized spacial score (nSPS) is 16.9. The summed E-state index contributed by atoms with van der Waals surface area (Å²) in [5.74, 6) is 0.253. The Morgan fingerprint density at radius 3 is 2.52 bits per heavy atom. The van der Waals surface area contributed by atoms with Gasteiger partial charge in [-0.15, -0.1) is 12.4 Å². The summed E-state index contributed by atoms with van der Waals surface area (Å²) in [6.07, 6.45) is 1.75. The maximum atomic E-state index is 12.4. The molecule has 0 aromatic heterocycles. The molecule has 1 saturated heterocycles. The minimum Gasteiger partial charge on any atom is -0.381 e. The lowest BCUT2D eigenvalue weighted by atomic mass is 9.91. The van der Waals surface area contributed by atoms with Crippen molar-refractivity contribution >= 4 is 34.2 Å². The van der Waals surface area contributed by atoms with Crippen molar-refractivity contribution in [2.24, 2.45) is 11.7 Å². The molecule has 1 amide bonds. The second-order valence-electron chi connectivity index (χ2n) is 5.30. The molecule has 0 aliphatic carbocycles. The number of amides is 1. The predicted molar refractivity (Wildman–Crippen MR) is 89.4 cm³/mol. The molecule has 2 rings (SSSR count). The van der Waals surface area contributed by atoms with Gasteiger partial charge in [-0.25, -0.2) is 0 Å². The molecule has 0 saturated carbocycles. The molecule has 1 fully saturated rings. The van der Waals surface area contributed by atoms with Gasteiger partial charge < -0.3 is 15.4 Å². The molecule has 21 heavy (non-hydrogen) atoms. The van der Waals surface area contributed by atoms with E-state index in [-0.39, 0.29) is 24.2 Å². The van der Waals surface area contributed by atoms with E-state index in [4.69, 9.17) is 10.5 Å². The number of halogens is 2. The first-order chi connectivity index (χ1) is 9.58. The average Bonchev–Trinajstić information content (AvgIpc) is 2.49. The molecule has 4 nitrogen and oxygen atoms in total. The molecule has 1 heterocycles. The summed E-state index contributed by atoms with van der Waals surface area (Å²) in [5, 5.41) is 0. The van der Waals surface area contributed by atoms with Crippen molar-refractivity contribution in [3.05, 3.63) is 34.3 Å². The number of likely N-dealkylation sites (N-methyl/N-ethyl adjacent to an activating group) is 1. The zero-order valence-electron chi connectivity index (χ0n) is 12.1. The molecule has 1 aromatic rings. The largest absolute Gasteiger partial charge is 0.381 e. The Kier molecular flexibility index (Phi) is 7.66. The first-order valence-electron chi connectivity index (χ1n) is 6.90. The molecule has 0 bridgehead atoms. The topological polar surface area (TPSA) is 55.6 Å². The van der Waals surface area contributed by atoms with E-state index in [0.717, 1.165) is 22.9 Å². The molecular formula is C15H22BrClN2O2. The van der Waals surface area contributed by atoms with E-state index in [1.54, 1.807) is 4.90 Å². The SMILES string of the molecule is CN(Cc1ccc(Br)cc1)C(=O)C(N)C1CCOCC1.Cl. The molecule has 0 radical (unpaired) electrons. The lowest BCUT2D eigenvalue weighted by molar-refractivity contribution is -0.133. The molecule has 118 valence electrons. The van der Waals surface area contributed by atoms with Crippen molar-refractivity contribution < 1.29 is 9.53 Å². The monoisotopic (exact) mass is 376 g/mol. The van der Waals surface area contributed by atoms with Crippen molar-refractivity contribution in [3.63, 3.8) is 0 Å². The molecule has 0 spiro atoms. The third-order valence-corrected chi connectivity index (χ3v) is 4.30. The van der Waals surface area contributed by atoms with Crippen LogP contribution in [0.3, 0.4) is 0 Å². The Hall–Kier alpha value is -0.620. The number of hydrogen-bond donors (Lipinski definition) is 1. The highest BCUT2D eigenvalue weighted by atomic mass is 79.9. The van der Waals surface area contributed by atoms with E-state index in [0.29, 0.717) is 19.8 Å². The maximum Gasteiger partial charge on any atom is 0.239 e. The highest BCUT2D eigenvalue weighted by Gasteiger charge is 2.28. The predicted octanol–water partition coefficient (Wildman–Crippen LogP) is 2.58. The highest BCUT2D eigenvalue weighted by Crippen LogP contribution is 2.19. The highest BCUT2D eigenvalue weighted by molar-refractivity contribution is 9.10. The van der Waals surface area contributed by atoms with E-state index >= 15 is 0 Å². The zero-order chi connectivity index (χ0) is 14.5. The van der Waals surface area contributed by atoms with Gasteiger partial charge in [0.1, 0.15) is 0 Å². The first-order valence-corrected chi connectivity index (χ1v) is 7.70. The van der Waals surface area contributed by atoms with Crippen molar-refractivity contribution in [2.45, 2.75) is 25.4 Å². The fourth-order valence-electron chi connectivity index (χ4n) is 2.47. The van der Waals surface area contributed by atoms with Crippen molar-refractivity contribution in [2.75, 3.05) is 20.3 Å². The van der Waals surface area contributed by atoms with E-state index < -0.39 is 6.04 Å². The third-order valence-electron chi connectivity index (χ3n) is 3.77. The van der Waals surface area contributed by atoms with Crippen LogP contribution in [0.1, 0.15) is 18.4 Å². The summed E-state index contributed by atoms with van der Waals surface area (Å²) in [6, 6.07) is 7.55. The number of rotatable bonds is 4. The van der Waals surface area contributed by atoms with E-state index in [1.807, 2.05) is 31.3 Å². The molecule has 2 N–H and O–H groups in total. The lowest BCUT2D eigenvalue weighted by Gasteiger charge is -2.29. The second kappa shape index (κ2) is 8.73. The fourth-order valence-corrected chi connectivity index (χ4v) is 2.74.